The molecule has 6 nitrogen and oxygen atoms in total. The highest BCUT2D eigenvalue weighted by molar-refractivity contribution is 7.89. The fraction of sp³-hybridized carbons (Fsp3) is 0.261. The van der Waals surface area contributed by atoms with Crippen molar-refractivity contribution in [1.29, 1.82) is 0 Å². The van der Waals surface area contributed by atoms with Gasteiger partial charge in [0.1, 0.15) is 0 Å². The maximum atomic E-state index is 12.9. The smallest absolute Gasteiger partial charge is 0.243 e. The molecule has 156 valence electrons. The van der Waals surface area contributed by atoms with E-state index in [2.05, 4.69) is 10.6 Å². The summed E-state index contributed by atoms with van der Waals surface area (Å²) in [6, 6.07) is 20.3. The zero-order chi connectivity index (χ0) is 21.0. The number of nitrogens with one attached hydrogen (secondary N) is 2. The van der Waals surface area contributed by atoms with Crippen molar-refractivity contribution in [3.8, 4) is 0 Å². The Morgan fingerprint density at radius 3 is 2.47 bits per heavy atom. The molecule has 0 aliphatic carbocycles. The molecule has 4 rings (SSSR count). The number of benzene rings is 3. The van der Waals surface area contributed by atoms with E-state index < -0.39 is 10.0 Å². The maximum Gasteiger partial charge on any atom is 0.243 e. The van der Waals surface area contributed by atoms with Gasteiger partial charge in [-0.25, -0.2) is 8.42 Å². The Balaban J connectivity index is 1.43. The molecule has 1 aliphatic heterocycles. The summed E-state index contributed by atoms with van der Waals surface area (Å²) in [5, 5.41) is 8.10. The zero-order valence-corrected chi connectivity index (χ0v) is 17.5. The Morgan fingerprint density at radius 1 is 0.900 bits per heavy atom. The van der Waals surface area contributed by atoms with Crippen LogP contribution in [0.25, 0.3) is 10.8 Å². The summed E-state index contributed by atoms with van der Waals surface area (Å²) in [5.74, 6) is -0.240. The third-order valence-electron chi connectivity index (χ3n) is 5.30. The molecule has 0 unspecified atom stereocenters. The standard InChI is InChI=1S/C23H25N3O3S/c27-23(17-24-22-13-6-9-18-8-2-3-12-21(18)22)25-19-10-7-11-20(16-19)30(28,29)26-14-4-1-5-15-26/h2-3,6-13,16,24H,1,4-5,14-15,17H2,(H,25,27). The summed E-state index contributed by atoms with van der Waals surface area (Å²) in [5.41, 5.74) is 1.35. The molecule has 1 saturated heterocycles. The van der Waals surface area contributed by atoms with Gasteiger partial charge in [0.2, 0.25) is 15.9 Å². The highest BCUT2D eigenvalue weighted by atomic mass is 32.2. The predicted octanol–water partition coefficient (Wildman–Crippen LogP) is 4.07. The number of sulfonamides is 1. The van der Waals surface area contributed by atoms with Crippen molar-refractivity contribution < 1.29 is 13.2 Å². The van der Waals surface area contributed by atoms with Crippen LogP contribution < -0.4 is 10.6 Å². The number of carbonyl (C=O) groups is 1. The Labute approximate surface area is 177 Å². The second-order valence-electron chi connectivity index (χ2n) is 7.42. The summed E-state index contributed by atoms with van der Waals surface area (Å²) in [6.45, 7) is 1.18. The second-order valence-corrected chi connectivity index (χ2v) is 9.36. The van der Waals surface area contributed by atoms with Gasteiger partial charge >= 0.3 is 0 Å². The van der Waals surface area contributed by atoms with E-state index >= 15 is 0 Å². The summed E-state index contributed by atoms with van der Waals surface area (Å²) in [6.07, 6.45) is 2.83. The molecule has 0 bridgehead atoms. The van der Waals surface area contributed by atoms with Crippen molar-refractivity contribution in [2.24, 2.45) is 0 Å². The Bertz CT molecular complexity index is 1150. The number of amides is 1. The molecule has 7 heteroatoms. The molecule has 0 saturated carbocycles. The van der Waals surface area contributed by atoms with E-state index in [0.717, 1.165) is 35.7 Å². The monoisotopic (exact) mass is 423 g/mol. The number of anilines is 2. The molecule has 1 heterocycles. The van der Waals surface area contributed by atoms with Crippen molar-refractivity contribution in [1.82, 2.24) is 4.31 Å². The Kier molecular flexibility index (Phi) is 6.01. The van der Waals surface area contributed by atoms with E-state index in [4.69, 9.17) is 0 Å². The first kappa shape index (κ1) is 20.4. The van der Waals surface area contributed by atoms with E-state index in [0.29, 0.717) is 18.8 Å². The predicted molar refractivity (Wildman–Crippen MR) is 120 cm³/mol. The fourth-order valence-corrected chi connectivity index (χ4v) is 5.31. The van der Waals surface area contributed by atoms with Gasteiger partial charge in [0, 0.05) is 29.9 Å². The van der Waals surface area contributed by atoms with Crippen molar-refractivity contribution in [3.63, 3.8) is 0 Å². The zero-order valence-electron chi connectivity index (χ0n) is 16.7. The summed E-state index contributed by atoms with van der Waals surface area (Å²) < 4.78 is 27.2. The number of hydrogen-bond donors (Lipinski definition) is 2. The molecule has 2 N–H and O–H groups in total. The van der Waals surface area contributed by atoms with E-state index in [1.807, 2.05) is 42.5 Å². The van der Waals surface area contributed by atoms with Gasteiger partial charge in [-0.2, -0.15) is 4.31 Å². The lowest BCUT2D eigenvalue weighted by atomic mass is 10.1. The molecule has 3 aromatic carbocycles. The first-order valence-corrected chi connectivity index (χ1v) is 11.6. The molecule has 1 fully saturated rings. The highest BCUT2D eigenvalue weighted by Crippen LogP contribution is 2.24. The minimum absolute atomic E-state index is 0.0805. The molecule has 30 heavy (non-hydrogen) atoms. The summed E-state index contributed by atoms with van der Waals surface area (Å²) in [4.78, 5) is 12.7. The number of carbonyl (C=O) groups excluding carboxylic acids is 1. The van der Waals surface area contributed by atoms with Gasteiger partial charge in [0.25, 0.3) is 0 Å². The van der Waals surface area contributed by atoms with E-state index in [9.17, 15) is 13.2 Å². The van der Waals surface area contributed by atoms with Gasteiger partial charge in [0.15, 0.2) is 0 Å². The fourth-order valence-electron chi connectivity index (χ4n) is 3.75. The average Bonchev–Trinajstić information content (AvgIpc) is 2.78. The van der Waals surface area contributed by atoms with Crippen LogP contribution in [-0.2, 0) is 14.8 Å². The topological polar surface area (TPSA) is 78.5 Å². The molecule has 1 aliphatic rings. The van der Waals surface area contributed by atoms with Gasteiger partial charge in [-0.1, -0.05) is 48.9 Å². The molecule has 0 aromatic heterocycles. The van der Waals surface area contributed by atoms with Gasteiger partial charge < -0.3 is 10.6 Å². The molecule has 0 atom stereocenters. The molecule has 3 aromatic rings. The van der Waals surface area contributed by atoms with Crippen molar-refractivity contribution in [3.05, 3.63) is 66.7 Å². The Hall–Kier alpha value is -2.90. The third kappa shape index (κ3) is 4.47. The average molecular weight is 424 g/mol. The second kappa shape index (κ2) is 8.85. The van der Waals surface area contributed by atoms with Gasteiger partial charge in [-0.05, 0) is 42.5 Å². The number of rotatable bonds is 6. The van der Waals surface area contributed by atoms with Gasteiger partial charge in [-0.3, -0.25) is 4.79 Å². The van der Waals surface area contributed by atoms with E-state index in [-0.39, 0.29) is 17.3 Å². The van der Waals surface area contributed by atoms with Crippen LogP contribution in [0.2, 0.25) is 0 Å². The van der Waals surface area contributed by atoms with Gasteiger partial charge in [-0.15, -0.1) is 0 Å². The van der Waals surface area contributed by atoms with Crippen LogP contribution in [0.5, 0.6) is 0 Å². The summed E-state index contributed by atoms with van der Waals surface area (Å²) >= 11 is 0. The first-order valence-electron chi connectivity index (χ1n) is 10.2. The SMILES string of the molecule is O=C(CNc1cccc2ccccc12)Nc1cccc(S(=O)(=O)N2CCCCC2)c1. The van der Waals surface area contributed by atoms with Crippen molar-refractivity contribution >= 4 is 38.1 Å². The molecular weight excluding hydrogens is 398 g/mol. The lowest BCUT2D eigenvalue weighted by molar-refractivity contribution is -0.114. The number of piperidine rings is 1. The van der Waals surface area contributed by atoms with Crippen LogP contribution in [-0.4, -0.2) is 38.3 Å². The van der Waals surface area contributed by atoms with Crippen molar-refractivity contribution in [2.75, 3.05) is 30.3 Å². The number of hydrogen-bond acceptors (Lipinski definition) is 4. The normalized spacial score (nSPS) is 15.1. The van der Waals surface area contributed by atoms with Gasteiger partial charge in [0.05, 0.1) is 11.4 Å². The maximum absolute atomic E-state index is 12.9. The molecular formula is C23H25N3O3S. The molecule has 0 spiro atoms. The van der Waals surface area contributed by atoms with Crippen LogP contribution in [0.3, 0.4) is 0 Å². The number of fused-ring (bicyclic) bond motifs is 1. The lowest BCUT2D eigenvalue weighted by Crippen LogP contribution is -2.35. The van der Waals surface area contributed by atoms with Crippen molar-refractivity contribution in [2.45, 2.75) is 24.2 Å². The van der Waals surface area contributed by atoms with Crippen LogP contribution in [0, 0.1) is 0 Å². The highest BCUT2D eigenvalue weighted by Gasteiger charge is 2.26. The largest absolute Gasteiger partial charge is 0.376 e. The minimum atomic E-state index is -3.53. The van der Waals surface area contributed by atoms with Crippen LogP contribution in [0.4, 0.5) is 11.4 Å². The number of nitrogens with zero attached hydrogens (tertiary/aromatic N) is 1. The molecule has 0 radical (unpaired) electrons. The van der Waals surface area contributed by atoms with Crippen LogP contribution >= 0.6 is 0 Å². The van der Waals surface area contributed by atoms with Crippen LogP contribution in [0.1, 0.15) is 19.3 Å². The summed E-state index contributed by atoms with van der Waals surface area (Å²) in [7, 11) is -3.53. The quantitative estimate of drug-likeness (QED) is 0.627. The van der Waals surface area contributed by atoms with Crippen LogP contribution in [0.15, 0.2) is 71.6 Å². The third-order valence-corrected chi connectivity index (χ3v) is 7.19. The minimum Gasteiger partial charge on any atom is -0.376 e. The van der Waals surface area contributed by atoms with E-state index in [1.54, 1.807) is 18.2 Å². The lowest BCUT2D eigenvalue weighted by Gasteiger charge is -2.26. The molecule has 1 amide bonds. The first-order chi connectivity index (χ1) is 14.5. The van der Waals surface area contributed by atoms with E-state index in [1.165, 1.54) is 10.4 Å². The Morgan fingerprint density at radius 2 is 1.63 bits per heavy atom.